The van der Waals surface area contributed by atoms with Gasteiger partial charge in [-0.2, -0.15) is 0 Å². The number of urea groups is 1. The molecule has 0 aliphatic carbocycles. The Labute approximate surface area is 200 Å². The molecule has 186 valence electrons. The summed E-state index contributed by atoms with van der Waals surface area (Å²) in [5, 5.41) is 3.00. The van der Waals surface area contributed by atoms with Gasteiger partial charge >= 0.3 is 12.0 Å². The van der Waals surface area contributed by atoms with Crippen LogP contribution in [-0.2, 0) is 23.8 Å². The number of benzene rings is 1. The SMILES string of the molecule is CCOC(=O)C1C(C)C(C(=O)NCC2CCCO2)N(C(=O)N2CCOCC2)C1c1ccccc1. The predicted molar refractivity (Wildman–Crippen MR) is 124 cm³/mol. The van der Waals surface area contributed by atoms with Crippen molar-refractivity contribution in [2.45, 2.75) is 44.9 Å². The topological polar surface area (TPSA) is 97.4 Å². The number of carbonyl (C=O) groups excluding carboxylic acids is 3. The van der Waals surface area contributed by atoms with Gasteiger partial charge in [-0.05, 0) is 25.3 Å². The van der Waals surface area contributed by atoms with E-state index < -0.39 is 29.9 Å². The van der Waals surface area contributed by atoms with Crippen LogP contribution in [0.5, 0.6) is 0 Å². The summed E-state index contributed by atoms with van der Waals surface area (Å²) in [5.74, 6) is -1.75. The van der Waals surface area contributed by atoms with Crippen LogP contribution in [0.3, 0.4) is 0 Å². The number of ether oxygens (including phenoxy) is 3. The van der Waals surface area contributed by atoms with Gasteiger partial charge in [0.1, 0.15) is 6.04 Å². The van der Waals surface area contributed by atoms with Gasteiger partial charge in [0.05, 0.1) is 37.9 Å². The molecule has 5 atom stereocenters. The Balaban J connectivity index is 1.69. The molecule has 9 heteroatoms. The van der Waals surface area contributed by atoms with Gasteiger partial charge in [-0.25, -0.2) is 4.79 Å². The molecule has 5 unspecified atom stereocenters. The Morgan fingerprint density at radius 1 is 1.12 bits per heavy atom. The summed E-state index contributed by atoms with van der Waals surface area (Å²) in [6, 6.07) is 7.77. The lowest BCUT2D eigenvalue weighted by Gasteiger charge is -2.37. The van der Waals surface area contributed by atoms with Gasteiger partial charge < -0.3 is 29.3 Å². The monoisotopic (exact) mass is 473 g/mol. The molecule has 3 fully saturated rings. The van der Waals surface area contributed by atoms with Crippen molar-refractivity contribution < 1.29 is 28.6 Å². The number of carbonyl (C=O) groups is 3. The molecule has 3 aliphatic heterocycles. The van der Waals surface area contributed by atoms with Gasteiger partial charge in [-0.15, -0.1) is 0 Å². The zero-order chi connectivity index (χ0) is 24.1. The molecule has 34 heavy (non-hydrogen) atoms. The first kappa shape index (κ1) is 24.5. The molecule has 1 aromatic rings. The summed E-state index contributed by atoms with van der Waals surface area (Å²) in [7, 11) is 0. The number of likely N-dealkylation sites (tertiary alicyclic amines) is 1. The lowest BCUT2D eigenvalue weighted by Crippen LogP contribution is -2.55. The first-order chi connectivity index (χ1) is 16.5. The van der Waals surface area contributed by atoms with Crippen LogP contribution in [0.25, 0.3) is 0 Å². The normalized spacial score (nSPS) is 29.2. The Morgan fingerprint density at radius 2 is 1.85 bits per heavy atom. The fourth-order valence-corrected chi connectivity index (χ4v) is 5.33. The number of hydrogen-bond donors (Lipinski definition) is 1. The van der Waals surface area contributed by atoms with Gasteiger partial charge in [0.25, 0.3) is 0 Å². The van der Waals surface area contributed by atoms with Crippen LogP contribution >= 0.6 is 0 Å². The Morgan fingerprint density at radius 3 is 2.50 bits per heavy atom. The Hall–Kier alpha value is -2.65. The molecule has 3 amide bonds. The van der Waals surface area contributed by atoms with E-state index in [-0.39, 0.29) is 24.6 Å². The van der Waals surface area contributed by atoms with Crippen LogP contribution in [0.4, 0.5) is 4.79 Å². The van der Waals surface area contributed by atoms with Crippen molar-refractivity contribution in [3.8, 4) is 0 Å². The van der Waals surface area contributed by atoms with Crippen LogP contribution in [-0.4, -0.2) is 85.9 Å². The van der Waals surface area contributed by atoms with Gasteiger partial charge in [0.2, 0.25) is 5.91 Å². The number of nitrogens with zero attached hydrogens (tertiary/aromatic N) is 2. The first-order valence-electron chi connectivity index (χ1n) is 12.3. The van der Waals surface area contributed by atoms with Crippen LogP contribution < -0.4 is 5.32 Å². The number of amides is 3. The third-order valence-electron chi connectivity index (χ3n) is 7.00. The highest BCUT2D eigenvalue weighted by Gasteiger charge is 2.56. The van der Waals surface area contributed by atoms with Crippen LogP contribution in [0.15, 0.2) is 30.3 Å². The maximum Gasteiger partial charge on any atom is 0.321 e. The van der Waals surface area contributed by atoms with E-state index in [1.165, 1.54) is 0 Å². The summed E-state index contributed by atoms with van der Waals surface area (Å²) < 4.78 is 16.5. The molecule has 0 radical (unpaired) electrons. The predicted octanol–water partition coefficient (Wildman–Crippen LogP) is 1.97. The average molecular weight is 474 g/mol. The second-order valence-corrected chi connectivity index (χ2v) is 9.11. The number of rotatable bonds is 6. The van der Waals surface area contributed by atoms with E-state index in [0.29, 0.717) is 39.5 Å². The van der Waals surface area contributed by atoms with E-state index in [1.54, 1.807) is 16.7 Å². The molecule has 1 N–H and O–H groups in total. The number of nitrogens with one attached hydrogen (secondary N) is 1. The molecular formula is C25H35N3O6. The van der Waals surface area contributed by atoms with E-state index in [2.05, 4.69) is 5.32 Å². The highest BCUT2D eigenvalue weighted by Crippen LogP contribution is 2.46. The third-order valence-corrected chi connectivity index (χ3v) is 7.00. The van der Waals surface area contributed by atoms with Crippen molar-refractivity contribution in [3.05, 3.63) is 35.9 Å². The number of morpholine rings is 1. The highest BCUT2D eigenvalue weighted by molar-refractivity contribution is 5.91. The molecule has 9 nitrogen and oxygen atoms in total. The molecule has 0 spiro atoms. The lowest BCUT2D eigenvalue weighted by atomic mass is 9.85. The summed E-state index contributed by atoms with van der Waals surface area (Å²) in [6.45, 7) is 6.73. The standard InChI is InChI=1S/C25H35N3O6/c1-3-33-24(30)20-17(2)21(23(29)26-16-19-10-7-13-34-19)28(22(20)18-8-5-4-6-9-18)25(31)27-11-14-32-15-12-27/h4-6,8-9,17,19-22H,3,7,10-16H2,1-2H3,(H,26,29). The molecule has 3 saturated heterocycles. The van der Waals surface area contributed by atoms with Gasteiger partial charge in [-0.1, -0.05) is 37.3 Å². The Bertz CT molecular complexity index is 853. The average Bonchev–Trinajstić information content (AvgIpc) is 3.49. The maximum atomic E-state index is 13.9. The van der Waals surface area contributed by atoms with Crippen LogP contribution in [0, 0.1) is 11.8 Å². The van der Waals surface area contributed by atoms with Crippen molar-refractivity contribution in [3.63, 3.8) is 0 Å². The fraction of sp³-hybridized carbons (Fsp3) is 0.640. The summed E-state index contributed by atoms with van der Waals surface area (Å²) in [5.41, 5.74) is 0.809. The van der Waals surface area contributed by atoms with E-state index in [1.807, 2.05) is 37.3 Å². The van der Waals surface area contributed by atoms with Crippen molar-refractivity contribution in [1.82, 2.24) is 15.1 Å². The minimum atomic E-state index is -0.809. The second kappa shape index (κ2) is 11.2. The van der Waals surface area contributed by atoms with Crippen molar-refractivity contribution >= 4 is 17.9 Å². The van der Waals surface area contributed by atoms with E-state index in [0.717, 1.165) is 18.4 Å². The smallest absolute Gasteiger partial charge is 0.321 e. The number of hydrogen-bond acceptors (Lipinski definition) is 6. The largest absolute Gasteiger partial charge is 0.466 e. The van der Waals surface area contributed by atoms with Gasteiger partial charge in [-0.3, -0.25) is 9.59 Å². The van der Waals surface area contributed by atoms with Crippen molar-refractivity contribution in [2.75, 3.05) is 46.1 Å². The summed E-state index contributed by atoms with van der Waals surface area (Å²) >= 11 is 0. The molecule has 0 aromatic heterocycles. The van der Waals surface area contributed by atoms with Gasteiger partial charge in [0, 0.05) is 32.2 Å². The second-order valence-electron chi connectivity index (χ2n) is 9.11. The minimum absolute atomic E-state index is 0.0187. The molecule has 0 bridgehead atoms. The van der Waals surface area contributed by atoms with Crippen LogP contribution in [0.2, 0.25) is 0 Å². The Kier molecular flexibility index (Phi) is 8.05. The van der Waals surface area contributed by atoms with E-state index >= 15 is 0 Å². The zero-order valence-electron chi connectivity index (χ0n) is 20.0. The third kappa shape index (κ3) is 5.05. The molecule has 0 saturated carbocycles. The molecule has 3 aliphatic rings. The summed E-state index contributed by atoms with van der Waals surface area (Å²) in [4.78, 5) is 43.9. The van der Waals surface area contributed by atoms with Crippen molar-refractivity contribution in [2.24, 2.45) is 11.8 Å². The zero-order valence-corrected chi connectivity index (χ0v) is 20.0. The summed E-state index contributed by atoms with van der Waals surface area (Å²) in [6.07, 6.45) is 1.85. The molecule has 3 heterocycles. The number of esters is 1. The van der Waals surface area contributed by atoms with Crippen molar-refractivity contribution in [1.29, 1.82) is 0 Å². The molecule has 4 rings (SSSR count). The van der Waals surface area contributed by atoms with E-state index in [4.69, 9.17) is 14.2 Å². The molecule has 1 aromatic carbocycles. The first-order valence-corrected chi connectivity index (χ1v) is 12.3. The highest BCUT2D eigenvalue weighted by atomic mass is 16.5. The van der Waals surface area contributed by atoms with E-state index in [9.17, 15) is 14.4 Å². The minimum Gasteiger partial charge on any atom is -0.466 e. The lowest BCUT2D eigenvalue weighted by molar-refractivity contribution is -0.150. The van der Waals surface area contributed by atoms with Gasteiger partial charge in [0.15, 0.2) is 0 Å². The maximum absolute atomic E-state index is 13.9. The van der Waals surface area contributed by atoms with Crippen LogP contribution in [0.1, 0.15) is 38.3 Å². The fourth-order valence-electron chi connectivity index (χ4n) is 5.33. The quantitative estimate of drug-likeness (QED) is 0.635. The molecular weight excluding hydrogens is 438 g/mol.